The molecule has 1 fully saturated rings. The summed E-state index contributed by atoms with van der Waals surface area (Å²) in [6.45, 7) is 5.61. The van der Waals surface area contributed by atoms with Gasteiger partial charge in [0.05, 0.1) is 12.2 Å². The molecule has 3 N–H and O–H groups in total. The van der Waals surface area contributed by atoms with Crippen molar-refractivity contribution < 1.29 is 14.3 Å². The number of hydrogen-bond donors (Lipinski definition) is 2. The minimum Gasteiger partial charge on any atom is -0.464 e. The van der Waals surface area contributed by atoms with E-state index in [1.165, 1.54) is 0 Å². The van der Waals surface area contributed by atoms with Crippen LogP contribution >= 0.6 is 0 Å². The third-order valence-corrected chi connectivity index (χ3v) is 3.35. The van der Waals surface area contributed by atoms with Crippen LogP contribution in [0, 0.1) is 6.92 Å². The van der Waals surface area contributed by atoms with E-state index in [0.29, 0.717) is 37.6 Å². The van der Waals surface area contributed by atoms with E-state index in [9.17, 15) is 9.59 Å². The SMILES string of the molecule is CCOC(=O)C1CNCCN1c1nc(C)ccc1C(N)=O. The zero-order chi connectivity index (χ0) is 15.4. The van der Waals surface area contributed by atoms with Crippen LogP contribution in [0.4, 0.5) is 5.82 Å². The van der Waals surface area contributed by atoms with E-state index in [2.05, 4.69) is 10.3 Å². The molecule has 0 radical (unpaired) electrons. The highest BCUT2D eigenvalue weighted by atomic mass is 16.5. The Labute approximate surface area is 123 Å². The van der Waals surface area contributed by atoms with Crippen molar-refractivity contribution in [3.05, 3.63) is 23.4 Å². The van der Waals surface area contributed by atoms with Crippen LogP contribution in [0.25, 0.3) is 0 Å². The number of aromatic nitrogens is 1. The third-order valence-electron chi connectivity index (χ3n) is 3.35. The lowest BCUT2D eigenvalue weighted by atomic mass is 10.1. The topological polar surface area (TPSA) is 97.6 Å². The van der Waals surface area contributed by atoms with Crippen LogP contribution in [0.2, 0.25) is 0 Å². The fraction of sp³-hybridized carbons (Fsp3) is 0.500. The number of nitrogens with zero attached hydrogens (tertiary/aromatic N) is 2. The van der Waals surface area contributed by atoms with Crippen LogP contribution in [0.5, 0.6) is 0 Å². The van der Waals surface area contributed by atoms with E-state index in [1.54, 1.807) is 24.0 Å². The highest BCUT2D eigenvalue weighted by molar-refractivity contribution is 5.98. The van der Waals surface area contributed by atoms with Gasteiger partial charge in [-0.15, -0.1) is 0 Å². The quantitative estimate of drug-likeness (QED) is 0.748. The van der Waals surface area contributed by atoms with Gasteiger partial charge in [0.25, 0.3) is 5.91 Å². The summed E-state index contributed by atoms with van der Waals surface area (Å²) >= 11 is 0. The molecule has 0 saturated carbocycles. The van der Waals surface area contributed by atoms with E-state index < -0.39 is 11.9 Å². The fourth-order valence-electron chi connectivity index (χ4n) is 2.36. The Hall–Kier alpha value is -2.15. The van der Waals surface area contributed by atoms with Gasteiger partial charge in [-0.25, -0.2) is 9.78 Å². The van der Waals surface area contributed by atoms with Gasteiger partial charge >= 0.3 is 5.97 Å². The summed E-state index contributed by atoms with van der Waals surface area (Å²) in [5.41, 5.74) is 6.49. The summed E-state index contributed by atoms with van der Waals surface area (Å²) in [4.78, 5) is 29.9. The van der Waals surface area contributed by atoms with Crippen molar-refractivity contribution in [2.24, 2.45) is 5.73 Å². The number of piperazine rings is 1. The number of nitrogens with one attached hydrogen (secondary N) is 1. The maximum atomic E-state index is 12.1. The Bertz CT molecular complexity index is 547. The Kier molecular flexibility index (Phi) is 4.74. The van der Waals surface area contributed by atoms with Crippen molar-refractivity contribution >= 4 is 17.7 Å². The van der Waals surface area contributed by atoms with Crippen molar-refractivity contribution in [3.63, 3.8) is 0 Å². The Morgan fingerprint density at radius 3 is 2.95 bits per heavy atom. The largest absolute Gasteiger partial charge is 0.464 e. The molecule has 1 saturated heterocycles. The average Bonchev–Trinajstić information content (AvgIpc) is 2.47. The summed E-state index contributed by atoms with van der Waals surface area (Å²) in [5.74, 6) is -0.441. The van der Waals surface area contributed by atoms with Crippen LogP contribution in [0.3, 0.4) is 0 Å². The maximum absolute atomic E-state index is 12.1. The van der Waals surface area contributed by atoms with Crippen molar-refractivity contribution in [3.8, 4) is 0 Å². The van der Waals surface area contributed by atoms with Gasteiger partial charge < -0.3 is 20.7 Å². The molecule has 114 valence electrons. The molecule has 7 heteroatoms. The minimum atomic E-state index is -0.557. The van der Waals surface area contributed by atoms with Gasteiger partial charge in [-0.2, -0.15) is 0 Å². The first-order chi connectivity index (χ1) is 10.0. The number of pyridine rings is 1. The number of aryl methyl sites for hydroxylation is 1. The molecule has 0 bridgehead atoms. The molecule has 7 nitrogen and oxygen atoms in total. The molecule has 21 heavy (non-hydrogen) atoms. The Balaban J connectivity index is 2.39. The number of rotatable bonds is 4. The second-order valence-corrected chi connectivity index (χ2v) is 4.85. The molecule has 1 aliphatic rings. The number of hydrogen-bond acceptors (Lipinski definition) is 6. The lowest BCUT2D eigenvalue weighted by Crippen LogP contribution is -2.56. The Morgan fingerprint density at radius 2 is 2.29 bits per heavy atom. The molecule has 0 aliphatic carbocycles. The summed E-state index contributed by atoms with van der Waals surface area (Å²) in [6.07, 6.45) is 0. The molecule has 2 heterocycles. The number of ether oxygens (including phenoxy) is 1. The zero-order valence-electron chi connectivity index (χ0n) is 12.3. The van der Waals surface area contributed by atoms with Gasteiger partial charge in [-0.1, -0.05) is 0 Å². The van der Waals surface area contributed by atoms with Crippen molar-refractivity contribution in [1.29, 1.82) is 0 Å². The van der Waals surface area contributed by atoms with Gasteiger partial charge in [0.2, 0.25) is 0 Å². The lowest BCUT2D eigenvalue weighted by molar-refractivity contribution is -0.144. The first kappa shape index (κ1) is 15.2. The minimum absolute atomic E-state index is 0.313. The van der Waals surface area contributed by atoms with Crippen LogP contribution in [0.1, 0.15) is 23.0 Å². The molecular formula is C14H20N4O3. The van der Waals surface area contributed by atoms with Crippen LogP contribution < -0.4 is 16.0 Å². The average molecular weight is 292 g/mol. The predicted octanol–water partition coefficient (Wildman–Crippen LogP) is -0.170. The summed E-state index contributed by atoms with van der Waals surface area (Å²) in [5, 5.41) is 3.15. The predicted molar refractivity (Wildman–Crippen MR) is 78.1 cm³/mol. The summed E-state index contributed by atoms with van der Waals surface area (Å²) in [6, 6.07) is 2.86. The normalized spacial score (nSPS) is 18.4. The number of esters is 1. The number of anilines is 1. The van der Waals surface area contributed by atoms with Crippen molar-refractivity contribution in [1.82, 2.24) is 10.3 Å². The highest BCUT2D eigenvalue weighted by Gasteiger charge is 2.32. The molecule has 1 atom stereocenters. The number of carbonyl (C=O) groups is 2. The zero-order valence-corrected chi connectivity index (χ0v) is 12.3. The standard InChI is InChI=1S/C14H20N4O3/c1-3-21-14(20)11-8-16-6-7-18(11)13-10(12(15)19)5-4-9(2)17-13/h4-5,11,16H,3,6-8H2,1-2H3,(H2,15,19). The second kappa shape index (κ2) is 6.53. The van der Waals surface area contributed by atoms with Crippen LogP contribution in [-0.4, -0.2) is 49.1 Å². The molecule has 1 aromatic heterocycles. The number of amides is 1. The first-order valence-electron chi connectivity index (χ1n) is 6.96. The molecule has 0 aromatic carbocycles. The smallest absolute Gasteiger partial charge is 0.330 e. The summed E-state index contributed by atoms with van der Waals surface area (Å²) < 4.78 is 5.10. The molecule has 1 unspecified atom stereocenters. The first-order valence-corrected chi connectivity index (χ1v) is 6.96. The summed E-state index contributed by atoms with van der Waals surface area (Å²) in [7, 11) is 0. The van der Waals surface area contributed by atoms with E-state index in [-0.39, 0.29) is 5.97 Å². The van der Waals surface area contributed by atoms with E-state index in [1.807, 2.05) is 6.92 Å². The molecule has 1 aliphatic heterocycles. The maximum Gasteiger partial charge on any atom is 0.330 e. The lowest BCUT2D eigenvalue weighted by Gasteiger charge is -2.36. The van der Waals surface area contributed by atoms with Gasteiger partial charge in [0, 0.05) is 25.3 Å². The van der Waals surface area contributed by atoms with E-state index >= 15 is 0 Å². The van der Waals surface area contributed by atoms with Crippen LogP contribution in [-0.2, 0) is 9.53 Å². The highest BCUT2D eigenvalue weighted by Crippen LogP contribution is 2.22. The molecule has 1 amide bonds. The molecule has 2 rings (SSSR count). The molecule has 0 spiro atoms. The van der Waals surface area contributed by atoms with Gasteiger partial charge in [-0.05, 0) is 26.0 Å². The van der Waals surface area contributed by atoms with Crippen molar-refractivity contribution in [2.45, 2.75) is 19.9 Å². The third kappa shape index (κ3) is 3.30. The van der Waals surface area contributed by atoms with Gasteiger partial charge in [0.1, 0.15) is 11.9 Å². The monoisotopic (exact) mass is 292 g/mol. The molecular weight excluding hydrogens is 272 g/mol. The van der Waals surface area contributed by atoms with Gasteiger partial charge in [-0.3, -0.25) is 4.79 Å². The van der Waals surface area contributed by atoms with Gasteiger partial charge in [0.15, 0.2) is 0 Å². The van der Waals surface area contributed by atoms with Crippen molar-refractivity contribution in [2.75, 3.05) is 31.1 Å². The Morgan fingerprint density at radius 1 is 1.52 bits per heavy atom. The van der Waals surface area contributed by atoms with Crippen LogP contribution in [0.15, 0.2) is 12.1 Å². The number of nitrogens with two attached hydrogens (primary N) is 1. The number of primary amides is 1. The molecule has 1 aromatic rings. The van der Waals surface area contributed by atoms with E-state index in [0.717, 1.165) is 5.69 Å². The number of carbonyl (C=O) groups excluding carboxylic acids is 2. The van der Waals surface area contributed by atoms with E-state index in [4.69, 9.17) is 10.5 Å². The second-order valence-electron chi connectivity index (χ2n) is 4.85. The fourth-order valence-corrected chi connectivity index (χ4v) is 2.36.